The molecule has 0 spiro atoms. The number of anilines is 1. The first-order valence-corrected chi connectivity index (χ1v) is 17.2. The summed E-state index contributed by atoms with van der Waals surface area (Å²) >= 11 is 0. The van der Waals surface area contributed by atoms with Crippen LogP contribution in [0.1, 0.15) is 64.5 Å². The van der Waals surface area contributed by atoms with E-state index in [2.05, 4.69) is 63.2 Å². The molecule has 0 aromatic heterocycles. The number of hydrogen-bond acceptors (Lipinski definition) is 6. The zero-order valence-electron chi connectivity index (χ0n) is 28.7. The molecule has 2 unspecified atom stereocenters. The number of ether oxygens (including phenoxy) is 4. The maximum Gasteiger partial charge on any atom is 0.320 e. The molecule has 4 aromatic rings. The number of amides is 1. The first-order chi connectivity index (χ1) is 23.2. The van der Waals surface area contributed by atoms with E-state index in [4.69, 9.17) is 18.9 Å². The highest BCUT2D eigenvalue weighted by Crippen LogP contribution is 2.72. The van der Waals surface area contributed by atoms with Gasteiger partial charge in [0.1, 0.15) is 11.9 Å². The molecule has 2 aliphatic heterocycles. The highest BCUT2D eigenvalue weighted by atomic mass is 16.7. The number of hydrogen-bond donors (Lipinski definition) is 0. The molecule has 3 fully saturated rings. The van der Waals surface area contributed by atoms with E-state index in [1.54, 1.807) is 12.0 Å². The monoisotopic (exact) mass is 647 g/mol. The first-order valence-electron chi connectivity index (χ1n) is 17.2. The van der Waals surface area contributed by atoms with Crippen molar-refractivity contribution in [2.75, 3.05) is 18.8 Å². The predicted octanol–water partition coefficient (Wildman–Crippen LogP) is 8.33. The summed E-state index contributed by atoms with van der Waals surface area (Å²) in [6, 6.07) is 27.7. The molecule has 2 bridgehead atoms. The van der Waals surface area contributed by atoms with Crippen molar-refractivity contribution in [1.29, 1.82) is 0 Å². The van der Waals surface area contributed by atoms with Gasteiger partial charge in [0.25, 0.3) is 0 Å². The lowest BCUT2D eigenvalue weighted by atomic mass is 9.64. The molecule has 8 rings (SSSR count). The van der Waals surface area contributed by atoms with Crippen LogP contribution in [0.4, 0.5) is 5.69 Å². The van der Waals surface area contributed by atoms with E-state index in [9.17, 15) is 9.59 Å². The highest BCUT2D eigenvalue weighted by Gasteiger charge is 2.68. The molecule has 2 saturated carbocycles. The third-order valence-corrected chi connectivity index (χ3v) is 11.9. The third kappa shape index (κ3) is 4.84. The lowest BCUT2D eigenvalue weighted by Crippen LogP contribution is -2.65. The van der Waals surface area contributed by atoms with Crippen LogP contribution in [0.5, 0.6) is 17.2 Å². The molecule has 48 heavy (non-hydrogen) atoms. The number of esters is 1. The molecular formula is C41H45NO6. The quantitative estimate of drug-likeness (QED) is 0.114. The second-order valence-electron chi connectivity index (χ2n) is 14.1. The van der Waals surface area contributed by atoms with Crippen molar-refractivity contribution in [3.05, 3.63) is 96.1 Å². The van der Waals surface area contributed by atoms with Gasteiger partial charge >= 0.3 is 5.97 Å². The minimum absolute atomic E-state index is 0.0245. The molecule has 1 saturated heterocycles. The van der Waals surface area contributed by atoms with Crippen LogP contribution in [0.3, 0.4) is 0 Å². The van der Waals surface area contributed by atoms with E-state index in [1.165, 1.54) is 16.3 Å². The fourth-order valence-corrected chi connectivity index (χ4v) is 9.07. The van der Waals surface area contributed by atoms with Gasteiger partial charge in [-0.25, -0.2) is 0 Å². The Hall–Kier alpha value is -4.52. The summed E-state index contributed by atoms with van der Waals surface area (Å²) in [4.78, 5) is 30.0. The maximum atomic E-state index is 14.4. The topological polar surface area (TPSA) is 74.3 Å². The van der Waals surface area contributed by atoms with E-state index < -0.39 is 17.9 Å². The molecular weight excluding hydrogens is 602 g/mol. The van der Waals surface area contributed by atoms with E-state index >= 15 is 0 Å². The SMILES string of the molecule is CC.COc1ccc(N2C(=O)C(C(=O)O[C@@H]3[C@H]4CC[C@@](C)([C@@H]3c3cccc5ccccc35)C4(C)C)C2Cc2ccc3c(c2)OCO3)cc1. The molecule has 2 heterocycles. The summed E-state index contributed by atoms with van der Waals surface area (Å²) in [6.07, 6.45) is 2.23. The summed E-state index contributed by atoms with van der Waals surface area (Å²) in [5.74, 6) is 0.723. The summed E-state index contributed by atoms with van der Waals surface area (Å²) in [5.41, 5.74) is 2.81. The lowest BCUT2D eigenvalue weighted by Gasteiger charge is -2.47. The summed E-state index contributed by atoms with van der Waals surface area (Å²) in [7, 11) is 1.61. The smallest absolute Gasteiger partial charge is 0.320 e. The van der Waals surface area contributed by atoms with Crippen molar-refractivity contribution in [3.8, 4) is 17.2 Å². The Morgan fingerprint density at radius 1 is 0.917 bits per heavy atom. The van der Waals surface area contributed by atoms with Crippen LogP contribution in [0.15, 0.2) is 84.9 Å². The van der Waals surface area contributed by atoms with Crippen molar-refractivity contribution >= 4 is 28.3 Å². The van der Waals surface area contributed by atoms with E-state index in [0.29, 0.717) is 23.7 Å². The predicted molar refractivity (Wildman–Crippen MR) is 187 cm³/mol. The second-order valence-corrected chi connectivity index (χ2v) is 14.1. The van der Waals surface area contributed by atoms with Gasteiger partial charge in [0, 0.05) is 17.5 Å². The van der Waals surface area contributed by atoms with Gasteiger partial charge in [-0.05, 0) is 88.4 Å². The zero-order valence-corrected chi connectivity index (χ0v) is 28.7. The summed E-state index contributed by atoms with van der Waals surface area (Å²) in [5, 5.41) is 2.38. The molecule has 4 aliphatic rings. The average Bonchev–Trinajstić information content (AvgIpc) is 3.70. The molecule has 250 valence electrons. The van der Waals surface area contributed by atoms with Crippen LogP contribution in [-0.4, -0.2) is 37.9 Å². The van der Waals surface area contributed by atoms with Crippen LogP contribution in [0.2, 0.25) is 0 Å². The number of fused-ring (bicyclic) bond motifs is 4. The second kappa shape index (κ2) is 12.2. The number of rotatable bonds is 7. The normalized spacial score (nSPS) is 27.7. The van der Waals surface area contributed by atoms with Crippen LogP contribution < -0.4 is 19.1 Å². The Morgan fingerprint density at radius 2 is 1.65 bits per heavy atom. The minimum atomic E-state index is -0.907. The van der Waals surface area contributed by atoms with Gasteiger partial charge in [0.15, 0.2) is 17.4 Å². The van der Waals surface area contributed by atoms with Gasteiger partial charge in [-0.2, -0.15) is 0 Å². The Morgan fingerprint density at radius 3 is 2.42 bits per heavy atom. The Labute approximate surface area is 283 Å². The fourth-order valence-electron chi connectivity index (χ4n) is 9.07. The molecule has 0 radical (unpaired) electrons. The van der Waals surface area contributed by atoms with Crippen molar-refractivity contribution in [2.45, 2.75) is 71.9 Å². The summed E-state index contributed by atoms with van der Waals surface area (Å²) in [6.45, 7) is 11.2. The number of β-lactam (4-membered cyclic amide) rings is 1. The van der Waals surface area contributed by atoms with Crippen molar-refractivity contribution in [1.82, 2.24) is 0 Å². The van der Waals surface area contributed by atoms with Gasteiger partial charge in [-0.1, -0.05) is 83.1 Å². The summed E-state index contributed by atoms with van der Waals surface area (Å²) < 4.78 is 23.1. The molecule has 4 aromatic carbocycles. The van der Waals surface area contributed by atoms with Crippen LogP contribution in [0.25, 0.3) is 10.8 Å². The van der Waals surface area contributed by atoms with Crippen LogP contribution in [-0.2, 0) is 20.7 Å². The Balaban J connectivity index is 0.00000179. The molecule has 6 atom stereocenters. The van der Waals surface area contributed by atoms with Crippen LogP contribution in [0, 0.1) is 22.7 Å². The molecule has 2 aliphatic carbocycles. The maximum absolute atomic E-state index is 14.4. The third-order valence-electron chi connectivity index (χ3n) is 11.9. The average molecular weight is 648 g/mol. The molecule has 7 heteroatoms. The number of methoxy groups -OCH3 is 1. The Kier molecular flexibility index (Phi) is 8.13. The van der Waals surface area contributed by atoms with Gasteiger partial charge < -0.3 is 23.8 Å². The first kappa shape index (κ1) is 32.0. The minimum Gasteiger partial charge on any atom is -0.497 e. The lowest BCUT2D eigenvalue weighted by molar-refractivity contribution is -0.165. The van der Waals surface area contributed by atoms with Gasteiger partial charge in [-0.3, -0.25) is 9.59 Å². The largest absolute Gasteiger partial charge is 0.497 e. The van der Waals surface area contributed by atoms with Crippen molar-refractivity contribution < 1.29 is 28.5 Å². The van der Waals surface area contributed by atoms with E-state index in [0.717, 1.165) is 24.1 Å². The molecule has 1 amide bonds. The number of carbonyl (C=O) groups is 2. The number of benzene rings is 4. The highest BCUT2D eigenvalue weighted by molar-refractivity contribution is 6.14. The van der Waals surface area contributed by atoms with Gasteiger partial charge in [0.05, 0.1) is 13.2 Å². The van der Waals surface area contributed by atoms with Gasteiger partial charge in [0.2, 0.25) is 12.7 Å². The van der Waals surface area contributed by atoms with Crippen molar-refractivity contribution in [3.63, 3.8) is 0 Å². The van der Waals surface area contributed by atoms with Crippen LogP contribution >= 0.6 is 0 Å². The standard InChI is InChI=1S/C39H39NO6.C2H6/c1-38(2)29-18-19-39(38,3)34(28-11-7-9-24-8-5-6-10-27(24)28)35(29)46-37(42)33-30(20-23-12-17-31-32(21-23)45-22-44-31)40(36(33)41)25-13-15-26(43-4)16-14-25;1-2/h5-17,21,29-30,33-35H,18-20,22H2,1-4H3;1-2H3/t29-,30?,33?,34-,35-,39+;/m1./s1. The van der Waals surface area contributed by atoms with E-state index in [1.807, 2.05) is 56.3 Å². The van der Waals surface area contributed by atoms with E-state index in [-0.39, 0.29) is 41.5 Å². The number of carbonyl (C=O) groups excluding carboxylic acids is 2. The Bertz CT molecular complexity index is 1840. The zero-order chi connectivity index (χ0) is 33.8. The molecule has 7 nitrogen and oxygen atoms in total. The van der Waals surface area contributed by atoms with Crippen molar-refractivity contribution in [2.24, 2.45) is 22.7 Å². The number of nitrogens with zero attached hydrogens (tertiary/aromatic N) is 1. The fraction of sp³-hybridized carbons (Fsp3) is 0.415. The van der Waals surface area contributed by atoms with Gasteiger partial charge in [-0.15, -0.1) is 0 Å². The molecule has 0 N–H and O–H groups in total.